The molecule has 24 heavy (non-hydrogen) atoms. The van der Waals surface area contributed by atoms with Crippen LogP contribution in [0.3, 0.4) is 0 Å². The third kappa shape index (κ3) is 4.69. The van der Waals surface area contributed by atoms with Gasteiger partial charge in [0.1, 0.15) is 5.75 Å². The molecule has 2 aromatic rings. The number of methoxy groups -OCH3 is 4. The summed E-state index contributed by atoms with van der Waals surface area (Å²) in [7, 11) is 6.51. The van der Waals surface area contributed by atoms with Crippen LogP contribution in [0.2, 0.25) is 0 Å². The zero-order chi connectivity index (χ0) is 16.7. The number of hydrogen-bond acceptors (Lipinski definition) is 5. The number of nitrogens with one attached hydrogen (secondary N) is 1. The van der Waals surface area contributed by atoms with E-state index in [1.165, 1.54) is 5.56 Å². The van der Waals surface area contributed by atoms with E-state index in [-0.39, 0.29) is 12.4 Å². The van der Waals surface area contributed by atoms with Crippen LogP contribution in [0.25, 0.3) is 0 Å². The van der Waals surface area contributed by atoms with Gasteiger partial charge in [0.2, 0.25) is 5.75 Å². The van der Waals surface area contributed by atoms with Gasteiger partial charge in [-0.3, -0.25) is 0 Å². The van der Waals surface area contributed by atoms with Gasteiger partial charge in [0.15, 0.2) is 11.5 Å². The molecular formula is C18H23ClNO4-. The predicted molar refractivity (Wildman–Crippen MR) is 89.6 cm³/mol. The number of hydrogen-bond donors (Lipinski definition) is 1. The molecule has 0 aromatic heterocycles. The van der Waals surface area contributed by atoms with Crippen molar-refractivity contribution >= 4 is 0 Å². The molecular weight excluding hydrogens is 330 g/mol. The van der Waals surface area contributed by atoms with Crippen molar-refractivity contribution in [1.82, 2.24) is 5.32 Å². The normalized spacial score (nSPS) is 9.83. The molecule has 132 valence electrons. The molecule has 0 aliphatic carbocycles. The minimum absolute atomic E-state index is 0. The maximum absolute atomic E-state index is 5.48. The van der Waals surface area contributed by atoms with E-state index in [4.69, 9.17) is 18.9 Å². The standard InChI is InChI=1S/C18H23NO4.ClH/c1-20-15-8-5-13(6-9-15)11-19-12-14-7-10-16(21-2)18(23-4)17(14)22-3;/h5-10,19H,11-12H2,1-4H3;1H/p-1. The van der Waals surface area contributed by atoms with Gasteiger partial charge < -0.3 is 36.7 Å². The first-order chi connectivity index (χ1) is 11.2. The molecule has 5 nitrogen and oxygen atoms in total. The highest BCUT2D eigenvalue weighted by atomic mass is 35.5. The Morgan fingerprint density at radius 3 is 1.92 bits per heavy atom. The van der Waals surface area contributed by atoms with Crippen molar-refractivity contribution in [2.24, 2.45) is 0 Å². The first kappa shape index (κ1) is 19.9. The van der Waals surface area contributed by atoms with Crippen molar-refractivity contribution in [2.45, 2.75) is 13.1 Å². The van der Waals surface area contributed by atoms with E-state index in [1.54, 1.807) is 28.4 Å². The minimum Gasteiger partial charge on any atom is -1.00 e. The van der Waals surface area contributed by atoms with Crippen molar-refractivity contribution in [3.63, 3.8) is 0 Å². The summed E-state index contributed by atoms with van der Waals surface area (Å²) >= 11 is 0. The van der Waals surface area contributed by atoms with Gasteiger partial charge in [-0.1, -0.05) is 18.2 Å². The van der Waals surface area contributed by atoms with E-state index in [2.05, 4.69) is 5.32 Å². The lowest BCUT2D eigenvalue weighted by atomic mass is 10.1. The lowest BCUT2D eigenvalue weighted by molar-refractivity contribution is -0.00000582. The van der Waals surface area contributed by atoms with Crippen LogP contribution in [0.1, 0.15) is 11.1 Å². The molecule has 0 aliphatic heterocycles. The molecule has 2 rings (SSSR count). The van der Waals surface area contributed by atoms with Crippen LogP contribution in [0.15, 0.2) is 36.4 Å². The first-order valence-corrected chi connectivity index (χ1v) is 7.35. The summed E-state index contributed by atoms with van der Waals surface area (Å²) in [6, 6.07) is 11.8. The lowest BCUT2D eigenvalue weighted by Gasteiger charge is -2.16. The van der Waals surface area contributed by atoms with E-state index >= 15 is 0 Å². The van der Waals surface area contributed by atoms with Crippen molar-refractivity contribution < 1.29 is 31.4 Å². The highest BCUT2D eigenvalue weighted by molar-refractivity contribution is 5.55. The van der Waals surface area contributed by atoms with Gasteiger partial charge in [0.25, 0.3) is 0 Å². The second-order valence-electron chi connectivity index (χ2n) is 4.95. The molecule has 1 N–H and O–H groups in total. The fourth-order valence-electron chi connectivity index (χ4n) is 2.39. The highest BCUT2D eigenvalue weighted by Gasteiger charge is 2.15. The van der Waals surface area contributed by atoms with Crippen LogP contribution in [-0.4, -0.2) is 28.4 Å². The predicted octanol–water partition coefficient (Wildman–Crippen LogP) is 0.0148. The molecule has 0 aliphatic rings. The third-order valence-electron chi connectivity index (χ3n) is 3.59. The molecule has 0 spiro atoms. The van der Waals surface area contributed by atoms with Crippen LogP contribution < -0.4 is 36.7 Å². The maximum Gasteiger partial charge on any atom is 0.203 e. The van der Waals surface area contributed by atoms with Gasteiger partial charge in [-0.05, 0) is 23.8 Å². The van der Waals surface area contributed by atoms with Gasteiger partial charge in [-0.25, -0.2) is 0 Å². The third-order valence-corrected chi connectivity index (χ3v) is 3.59. The summed E-state index contributed by atoms with van der Waals surface area (Å²) in [5, 5.41) is 3.40. The first-order valence-electron chi connectivity index (χ1n) is 7.35. The highest BCUT2D eigenvalue weighted by Crippen LogP contribution is 2.39. The summed E-state index contributed by atoms with van der Waals surface area (Å²) in [4.78, 5) is 0. The molecule has 6 heteroatoms. The average Bonchev–Trinajstić information content (AvgIpc) is 2.61. The van der Waals surface area contributed by atoms with E-state index in [0.29, 0.717) is 23.8 Å². The molecule has 0 heterocycles. The molecule has 0 radical (unpaired) electrons. The Hall–Kier alpha value is -2.11. The van der Waals surface area contributed by atoms with E-state index in [9.17, 15) is 0 Å². The van der Waals surface area contributed by atoms with Crippen molar-refractivity contribution in [1.29, 1.82) is 0 Å². The van der Waals surface area contributed by atoms with E-state index < -0.39 is 0 Å². The second kappa shape index (κ2) is 9.90. The molecule has 0 amide bonds. The van der Waals surface area contributed by atoms with Crippen LogP contribution in [-0.2, 0) is 13.1 Å². The van der Waals surface area contributed by atoms with E-state index in [1.807, 2.05) is 36.4 Å². The largest absolute Gasteiger partial charge is 1.00 e. The van der Waals surface area contributed by atoms with Gasteiger partial charge in [0.05, 0.1) is 28.4 Å². The Bertz CT molecular complexity index is 632. The number of rotatable bonds is 8. The Kier molecular flexibility index (Phi) is 8.22. The molecule has 0 saturated carbocycles. The van der Waals surface area contributed by atoms with Crippen molar-refractivity contribution in [2.75, 3.05) is 28.4 Å². The molecule has 2 aromatic carbocycles. The molecule has 0 bridgehead atoms. The quantitative estimate of drug-likeness (QED) is 0.725. The minimum atomic E-state index is 0. The number of halogens is 1. The van der Waals surface area contributed by atoms with E-state index in [0.717, 1.165) is 17.9 Å². The Morgan fingerprint density at radius 2 is 1.38 bits per heavy atom. The number of ether oxygens (including phenoxy) is 4. The fourth-order valence-corrected chi connectivity index (χ4v) is 2.39. The second-order valence-corrected chi connectivity index (χ2v) is 4.95. The summed E-state index contributed by atoms with van der Waals surface area (Å²) in [5.41, 5.74) is 2.20. The van der Waals surface area contributed by atoms with Gasteiger partial charge >= 0.3 is 0 Å². The zero-order valence-electron chi connectivity index (χ0n) is 14.4. The van der Waals surface area contributed by atoms with Crippen LogP contribution >= 0.6 is 0 Å². The fraction of sp³-hybridized carbons (Fsp3) is 0.333. The lowest BCUT2D eigenvalue weighted by Crippen LogP contribution is -3.00. The average molecular weight is 353 g/mol. The monoisotopic (exact) mass is 352 g/mol. The summed E-state index contributed by atoms with van der Waals surface area (Å²) in [6.07, 6.45) is 0. The Balaban J connectivity index is 0.00000288. The van der Waals surface area contributed by atoms with Gasteiger partial charge in [-0.2, -0.15) is 0 Å². The van der Waals surface area contributed by atoms with Crippen molar-refractivity contribution in [3.05, 3.63) is 47.5 Å². The summed E-state index contributed by atoms with van der Waals surface area (Å²) < 4.78 is 21.3. The molecule has 0 saturated heterocycles. The number of benzene rings is 2. The molecule has 0 fully saturated rings. The molecule has 0 atom stereocenters. The van der Waals surface area contributed by atoms with Crippen LogP contribution in [0.4, 0.5) is 0 Å². The van der Waals surface area contributed by atoms with Crippen LogP contribution in [0.5, 0.6) is 23.0 Å². The van der Waals surface area contributed by atoms with Gasteiger partial charge in [0, 0.05) is 18.7 Å². The summed E-state index contributed by atoms with van der Waals surface area (Å²) in [6.45, 7) is 1.41. The molecule has 0 unspecified atom stereocenters. The van der Waals surface area contributed by atoms with Crippen LogP contribution in [0, 0.1) is 0 Å². The summed E-state index contributed by atoms with van der Waals surface area (Å²) in [5.74, 6) is 2.81. The smallest absolute Gasteiger partial charge is 0.203 e. The maximum atomic E-state index is 5.48. The Morgan fingerprint density at radius 1 is 0.708 bits per heavy atom. The van der Waals surface area contributed by atoms with Gasteiger partial charge in [-0.15, -0.1) is 0 Å². The van der Waals surface area contributed by atoms with Crippen molar-refractivity contribution in [3.8, 4) is 23.0 Å². The zero-order valence-corrected chi connectivity index (χ0v) is 15.1. The topological polar surface area (TPSA) is 49.0 Å². The SMILES string of the molecule is COc1ccc(CNCc2ccc(OC)c(OC)c2OC)cc1.[Cl-]. The Labute approximate surface area is 149 Å².